The Labute approximate surface area is 122 Å². The SMILES string of the molecule is O=C(O)C1CC(=O)N(C(CCc2ccccc2)C(=O)O)C1. The normalized spacial score (nSPS) is 19.5. The summed E-state index contributed by atoms with van der Waals surface area (Å²) in [6.45, 7) is -0.0279. The molecule has 0 radical (unpaired) electrons. The number of amides is 1. The zero-order valence-electron chi connectivity index (χ0n) is 11.4. The molecule has 1 aliphatic heterocycles. The molecular weight excluding hydrogens is 274 g/mol. The summed E-state index contributed by atoms with van der Waals surface area (Å²) in [5.41, 5.74) is 0.991. The molecule has 1 saturated heterocycles. The Morgan fingerprint density at radius 2 is 1.90 bits per heavy atom. The van der Waals surface area contributed by atoms with E-state index in [1.807, 2.05) is 30.3 Å². The number of hydrogen-bond acceptors (Lipinski definition) is 3. The Morgan fingerprint density at radius 3 is 2.43 bits per heavy atom. The summed E-state index contributed by atoms with van der Waals surface area (Å²) < 4.78 is 0. The maximum absolute atomic E-state index is 11.8. The highest BCUT2D eigenvalue weighted by Crippen LogP contribution is 2.23. The van der Waals surface area contributed by atoms with Crippen molar-refractivity contribution in [3.05, 3.63) is 35.9 Å². The van der Waals surface area contributed by atoms with Crippen molar-refractivity contribution in [1.29, 1.82) is 0 Å². The van der Waals surface area contributed by atoms with Crippen LogP contribution in [0, 0.1) is 5.92 Å². The predicted octanol–water partition coefficient (Wildman–Crippen LogP) is 1.01. The minimum Gasteiger partial charge on any atom is -0.481 e. The fourth-order valence-electron chi connectivity index (χ4n) is 2.56. The summed E-state index contributed by atoms with van der Waals surface area (Å²) in [4.78, 5) is 35.4. The van der Waals surface area contributed by atoms with Crippen molar-refractivity contribution in [2.24, 2.45) is 5.92 Å². The zero-order valence-corrected chi connectivity index (χ0v) is 11.4. The quantitative estimate of drug-likeness (QED) is 0.815. The van der Waals surface area contributed by atoms with Crippen molar-refractivity contribution in [3.8, 4) is 0 Å². The Balaban J connectivity index is 2.04. The van der Waals surface area contributed by atoms with E-state index in [4.69, 9.17) is 5.11 Å². The molecule has 21 heavy (non-hydrogen) atoms. The van der Waals surface area contributed by atoms with Gasteiger partial charge in [-0.15, -0.1) is 0 Å². The number of benzene rings is 1. The highest BCUT2D eigenvalue weighted by molar-refractivity contribution is 5.89. The fourth-order valence-corrected chi connectivity index (χ4v) is 2.56. The lowest BCUT2D eigenvalue weighted by Gasteiger charge is -2.24. The van der Waals surface area contributed by atoms with Gasteiger partial charge in [0.05, 0.1) is 5.92 Å². The van der Waals surface area contributed by atoms with Crippen LogP contribution in [0.15, 0.2) is 30.3 Å². The van der Waals surface area contributed by atoms with Crippen LogP contribution in [0.25, 0.3) is 0 Å². The third kappa shape index (κ3) is 3.59. The van der Waals surface area contributed by atoms with Crippen molar-refractivity contribution in [2.75, 3.05) is 6.54 Å². The van der Waals surface area contributed by atoms with Gasteiger partial charge in [-0.1, -0.05) is 30.3 Å². The summed E-state index contributed by atoms with van der Waals surface area (Å²) in [6.07, 6.45) is 0.682. The van der Waals surface area contributed by atoms with Crippen molar-refractivity contribution in [2.45, 2.75) is 25.3 Å². The van der Waals surface area contributed by atoms with Gasteiger partial charge in [-0.2, -0.15) is 0 Å². The number of carboxylic acids is 2. The van der Waals surface area contributed by atoms with Gasteiger partial charge in [0.2, 0.25) is 5.91 Å². The second-order valence-corrected chi connectivity index (χ2v) is 5.16. The number of carbonyl (C=O) groups excluding carboxylic acids is 1. The van der Waals surface area contributed by atoms with Crippen LogP contribution in [0.3, 0.4) is 0 Å². The number of aliphatic carboxylic acids is 2. The van der Waals surface area contributed by atoms with Gasteiger partial charge in [0.15, 0.2) is 0 Å². The number of nitrogens with zero attached hydrogens (tertiary/aromatic N) is 1. The lowest BCUT2D eigenvalue weighted by molar-refractivity contribution is -0.148. The third-order valence-electron chi connectivity index (χ3n) is 3.72. The van der Waals surface area contributed by atoms with Gasteiger partial charge in [0.1, 0.15) is 6.04 Å². The first-order chi connectivity index (χ1) is 9.99. The standard InChI is InChI=1S/C15H17NO5/c17-13-8-11(14(18)19)9-16(13)12(15(20)21)7-6-10-4-2-1-3-5-10/h1-5,11-12H,6-9H2,(H,18,19)(H,20,21). The molecule has 2 unspecified atom stereocenters. The Morgan fingerprint density at radius 1 is 1.24 bits per heavy atom. The number of hydrogen-bond donors (Lipinski definition) is 2. The van der Waals surface area contributed by atoms with E-state index in [-0.39, 0.29) is 19.4 Å². The van der Waals surface area contributed by atoms with Crippen LogP contribution >= 0.6 is 0 Å². The number of aryl methyl sites for hydroxylation is 1. The lowest BCUT2D eigenvalue weighted by atomic mass is 10.0. The van der Waals surface area contributed by atoms with E-state index < -0.39 is 29.8 Å². The molecule has 1 fully saturated rings. The van der Waals surface area contributed by atoms with Crippen molar-refractivity contribution in [3.63, 3.8) is 0 Å². The molecule has 1 amide bonds. The maximum Gasteiger partial charge on any atom is 0.326 e. The number of carboxylic acid groups (broad SMARTS) is 2. The van der Waals surface area contributed by atoms with Crippen molar-refractivity contribution in [1.82, 2.24) is 4.90 Å². The molecule has 1 aromatic carbocycles. The fraction of sp³-hybridized carbons (Fsp3) is 0.400. The number of carbonyl (C=O) groups is 3. The molecule has 6 nitrogen and oxygen atoms in total. The molecule has 2 atom stereocenters. The van der Waals surface area contributed by atoms with E-state index in [1.54, 1.807) is 0 Å². The van der Waals surface area contributed by atoms with Crippen molar-refractivity contribution < 1.29 is 24.6 Å². The summed E-state index contributed by atoms with van der Waals surface area (Å²) in [5, 5.41) is 18.3. The average molecular weight is 291 g/mol. The Kier molecular flexibility index (Phi) is 4.57. The maximum atomic E-state index is 11.8. The average Bonchev–Trinajstić information content (AvgIpc) is 2.82. The monoisotopic (exact) mass is 291 g/mol. The molecule has 0 bridgehead atoms. The molecule has 1 aromatic rings. The second kappa shape index (κ2) is 6.39. The number of likely N-dealkylation sites (tertiary alicyclic amines) is 1. The van der Waals surface area contributed by atoms with E-state index in [9.17, 15) is 19.5 Å². The van der Waals surface area contributed by atoms with Crippen molar-refractivity contribution >= 4 is 17.8 Å². The second-order valence-electron chi connectivity index (χ2n) is 5.16. The van der Waals surface area contributed by atoms with Crippen LogP contribution in [0.5, 0.6) is 0 Å². The lowest BCUT2D eigenvalue weighted by Crippen LogP contribution is -2.42. The highest BCUT2D eigenvalue weighted by Gasteiger charge is 2.40. The molecule has 1 heterocycles. The van der Waals surface area contributed by atoms with E-state index in [1.165, 1.54) is 4.90 Å². The summed E-state index contributed by atoms with van der Waals surface area (Å²) in [6, 6.07) is 8.43. The van der Waals surface area contributed by atoms with E-state index in [0.29, 0.717) is 6.42 Å². The Hall–Kier alpha value is -2.37. The van der Waals surface area contributed by atoms with Crippen LogP contribution in [0.2, 0.25) is 0 Å². The Bertz CT molecular complexity index is 542. The molecule has 0 saturated carbocycles. The van der Waals surface area contributed by atoms with Gasteiger partial charge in [-0.3, -0.25) is 9.59 Å². The highest BCUT2D eigenvalue weighted by atomic mass is 16.4. The van der Waals surface area contributed by atoms with Gasteiger partial charge in [-0.25, -0.2) is 4.79 Å². The minimum absolute atomic E-state index is 0.0279. The first-order valence-corrected chi connectivity index (χ1v) is 6.78. The molecule has 0 spiro atoms. The van der Waals surface area contributed by atoms with Gasteiger partial charge in [0.25, 0.3) is 0 Å². The van der Waals surface area contributed by atoms with Crippen LogP contribution in [-0.4, -0.2) is 45.5 Å². The van der Waals surface area contributed by atoms with Gasteiger partial charge in [0, 0.05) is 13.0 Å². The minimum atomic E-state index is -1.09. The number of rotatable bonds is 6. The third-order valence-corrected chi connectivity index (χ3v) is 3.72. The van der Waals surface area contributed by atoms with E-state index in [2.05, 4.69) is 0 Å². The van der Waals surface area contributed by atoms with Gasteiger partial charge < -0.3 is 15.1 Å². The van der Waals surface area contributed by atoms with Crippen LogP contribution in [0.1, 0.15) is 18.4 Å². The molecule has 0 aliphatic carbocycles. The zero-order chi connectivity index (χ0) is 15.4. The molecule has 2 rings (SSSR count). The summed E-state index contributed by atoms with van der Waals surface area (Å²) in [7, 11) is 0. The molecule has 6 heteroatoms. The topological polar surface area (TPSA) is 94.9 Å². The largest absolute Gasteiger partial charge is 0.481 e. The van der Waals surface area contributed by atoms with E-state index >= 15 is 0 Å². The smallest absolute Gasteiger partial charge is 0.326 e. The van der Waals surface area contributed by atoms with E-state index in [0.717, 1.165) is 5.56 Å². The predicted molar refractivity (Wildman–Crippen MR) is 73.6 cm³/mol. The van der Waals surface area contributed by atoms with Crippen LogP contribution < -0.4 is 0 Å². The first-order valence-electron chi connectivity index (χ1n) is 6.78. The molecule has 2 N–H and O–H groups in total. The molecule has 0 aromatic heterocycles. The van der Waals surface area contributed by atoms with Crippen LogP contribution in [0.4, 0.5) is 0 Å². The van der Waals surface area contributed by atoms with Gasteiger partial charge >= 0.3 is 11.9 Å². The first kappa shape index (κ1) is 15.0. The molecule has 1 aliphatic rings. The molecular formula is C15H17NO5. The molecule has 112 valence electrons. The summed E-state index contributed by atoms with van der Waals surface area (Å²) >= 11 is 0. The van der Waals surface area contributed by atoms with Crippen LogP contribution in [-0.2, 0) is 20.8 Å². The summed E-state index contributed by atoms with van der Waals surface area (Å²) in [5.74, 6) is -3.36. The van der Waals surface area contributed by atoms with Gasteiger partial charge in [-0.05, 0) is 18.4 Å².